The highest BCUT2D eigenvalue weighted by atomic mass is 79.9. The molecule has 0 bridgehead atoms. The number of hydrogen-bond acceptors (Lipinski definition) is 2. The largest absolute Gasteiger partial charge is 0.480 e. The SMILES string of the molecule is NC(C(=O)O)C1CCc2c(Br)cccc21. The third kappa shape index (κ3) is 1.79. The predicted octanol–water partition coefficient (Wildman–Crippen LogP) is 1.89. The van der Waals surface area contributed by atoms with Crippen LogP contribution in [0, 0.1) is 0 Å². The van der Waals surface area contributed by atoms with Crippen molar-refractivity contribution in [3.8, 4) is 0 Å². The highest BCUT2D eigenvalue weighted by Crippen LogP contribution is 2.38. The van der Waals surface area contributed by atoms with Crippen LogP contribution in [0.1, 0.15) is 23.5 Å². The average molecular weight is 270 g/mol. The highest BCUT2D eigenvalue weighted by molar-refractivity contribution is 9.10. The van der Waals surface area contributed by atoms with E-state index in [1.54, 1.807) is 0 Å². The summed E-state index contributed by atoms with van der Waals surface area (Å²) in [7, 11) is 0. The van der Waals surface area contributed by atoms with E-state index in [0.29, 0.717) is 0 Å². The van der Waals surface area contributed by atoms with Crippen LogP contribution in [0.4, 0.5) is 0 Å². The van der Waals surface area contributed by atoms with Crippen LogP contribution < -0.4 is 5.73 Å². The molecular formula is C11H12BrNO2. The zero-order chi connectivity index (χ0) is 11.0. The maximum absolute atomic E-state index is 10.8. The van der Waals surface area contributed by atoms with Crippen molar-refractivity contribution in [3.63, 3.8) is 0 Å². The molecule has 0 spiro atoms. The normalized spacial score (nSPS) is 21.1. The van der Waals surface area contributed by atoms with E-state index >= 15 is 0 Å². The molecule has 0 aliphatic heterocycles. The second-order valence-corrected chi connectivity index (χ2v) is 4.67. The summed E-state index contributed by atoms with van der Waals surface area (Å²) in [4.78, 5) is 10.8. The Bertz CT molecular complexity index is 406. The molecule has 0 radical (unpaired) electrons. The summed E-state index contributed by atoms with van der Waals surface area (Å²) in [5.74, 6) is -0.970. The molecule has 2 unspecified atom stereocenters. The fraction of sp³-hybridized carbons (Fsp3) is 0.364. The summed E-state index contributed by atoms with van der Waals surface area (Å²) in [5.41, 5.74) is 7.96. The zero-order valence-corrected chi connectivity index (χ0v) is 9.70. The molecule has 3 nitrogen and oxygen atoms in total. The number of benzene rings is 1. The van der Waals surface area contributed by atoms with Gasteiger partial charge in [-0.3, -0.25) is 4.79 Å². The molecule has 3 N–H and O–H groups in total. The van der Waals surface area contributed by atoms with E-state index in [1.165, 1.54) is 5.56 Å². The molecule has 15 heavy (non-hydrogen) atoms. The van der Waals surface area contributed by atoms with Crippen LogP contribution in [0.5, 0.6) is 0 Å². The first-order valence-corrected chi connectivity index (χ1v) is 5.66. The molecule has 0 saturated heterocycles. The molecule has 0 amide bonds. The van der Waals surface area contributed by atoms with Crippen LogP contribution in [0.3, 0.4) is 0 Å². The molecule has 1 aromatic rings. The second kappa shape index (κ2) is 3.94. The Balaban J connectivity index is 2.37. The second-order valence-electron chi connectivity index (χ2n) is 3.82. The van der Waals surface area contributed by atoms with Crippen molar-refractivity contribution in [1.82, 2.24) is 0 Å². The van der Waals surface area contributed by atoms with Crippen LogP contribution in [0.25, 0.3) is 0 Å². The summed E-state index contributed by atoms with van der Waals surface area (Å²) in [6.07, 6.45) is 1.73. The lowest BCUT2D eigenvalue weighted by molar-refractivity contribution is -0.139. The summed E-state index contributed by atoms with van der Waals surface area (Å²) >= 11 is 3.47. The first-order chi connectivity index (χ1) is 7.11. The minimum Gasteiger partial charge on any atom is -0.480 e. The monoisotopic (exact) mass is 269 g/mol. The lowest BCUT2D eigenvalue weighted by Gasteiger charge is -2.16. The number of aliphatic carboxylic acids is 1. The lowest BCUT2D eigenvalue weighted by atomic mass is 9.94. The summed E-state index contributed by atoms with van der Waals surface area (Å²) in [6, 6.07) is 5.09. The zero-order valence-electron chi connectivity index (χ0n) is 8.11. The van der Waals surface area contributed by atoms with Crippen molar-refractivity contribution in [2.24, 2.45) is 5.73 Å². The number of fused-ring (bicyclic) bond motifs is 1. The van der Waals surface area contributed by atoms with Crippen molar-refractivity contribution in [3.05, 3.63) is 33.8 Å². The summed E-state index contributed by atoms with van der Waals surface area (Å²) in [6.45, 7) is 0. The molecular weight excluding hydrogens is 258 g/mol. The van der Waals surface area contributed by atoms with E-state index < -0.39 is 12.0 Å². The minimum atomic E-state index is -0.923. The molecule has 4 heteroatoms. The van der Waals surface area contributed by atoms with Gasteiger partial charge in [0.25, 0.3) is 0 Å². The molecule has 2 rings (SSSR count). The topological polar surface area (TPSA) is 63.3 Å². The Hall–Kier alpha value is -0.870. The number of nitrogens with two attached hydrogens (primary N) is 1. The third-order valence-corrected chi connectivity index (χ3v) is 3.72. The summed E-state index contributed by atoms with van der Waals surface area (Å²) < 4.78 is 1.06. The number of hydrogen-bond donors (Lipinski definition) is 2. The van der Waals surface area contributed by atoms with Crippen molar-refractivity contribution in [2.75, 3.05) is 0 Å². The number of carbonyl (C=O) groups is 1. The van der Waals surface area contributed by atoms with Gasteiger partial charge in [0.05, 0.1) is 0 Å². The molecule has 1 aliphatic rings. The number of halogens is 1. The van der Waals surface area contributed by atoms with Crippen LogP contribution in [0.2, 0.25) is 0 Å². The molecule has 0 aromatic heterocycles. The fourth-order valence-electron chi connectivity index (χ4n) is 2.19. The van der Waals surface area contributed by atoms with Crippen molar-refractivity contribution in [1.29, 1.82) is 0 Å². The van der Waals surface area contributed by atoms with E-state index in [0.717, 1.165) is 22.9 Å². The molecule has 0 saturated carbocycles. The number of carboxylic acids is 1. The van der Waals surface area contributed by atoms with Gasteiger partial charge in [-0.25, -0.2) is 0 Å². The Morgan fingerprint density at radius 1 is 1.60 bits per heavy atom. The van der Waals surface area contributed by atoms with Gasteiger partial charge in [0.2, 0.25) is 0 Å². The van der Waals surface area contributed by atoms with Gasteiger partial charge in [0, 0.05) is 10.4 Å². The smallest absolute Gasteiger partial charge is 0.321 e. The maximum atomic E-state index is 10.8. The van der Waals surface area contributed by atoms with Crippen LogP contribution in [-0.4, -0.2) is 17.1 Å². The Morgan fingerprint density at radius 3 is 3.00 bits per heavy atom. The van der Waals surface area contributed by atoms with E-state index in [-0.39, 0.29) is 5.92 Å². The third-order valence-electron chi connectivity index (χ3n) is 2.98. The molecule has 0 heterocycles. The van der Waals surface area contributed by atoms with E-state index in [4.69, 9.17) is 10.8 Å². The first-order valence-electron chi connectivity index (χ1n) is 4.87. The van der Waals surface area contributed by atoms with Crippen LogP contribution in [-0.2, 0) is 11.2 Å². The van der Waals surface area contributed by atoms with Gasteiger partial charge in [0.15, 0.2) is 0 Å². The fourth-order valence-corrected chi connectivity index (χ4v) is 2.77. The molecule has 0 fully saturated rings. The first kappa shape index (κ1) is 10.6. The van der Waals surface area contributed by atoms with E-state index in [1.807, 2.05) is 18.2 Å². The van der Waals surface area contributed by atoms with Gasteiger partial charge in [-0.1, -0.05) is 28.1 Å². The Labute approximate surface area is 96.4 Å². The van der Waals surface area contributed by atoms with Crippen LogP contribution in [0.15, 0.2) is 22.7 Å². The van der Waals surface area contributed by atoms with Gasteiger partial charge in [-0.15, -0.1) is 0 Å². The van der Waals surface area contributed by atoms with Gasteiger partial charge >= 0.3 is 5.97 Å². The Morgan fingerprint density at radius 2 is 2.33 bits per heavy atom. The standard InChI is InChI=1S/C11H12BrNO2/c12-9-3-1-2-6-7(9)4-5-8(6)10(13)11(14)15/h1-3,8,10H,4-5,13H2,(H,14,15). The van der Waals surface area contributed by atoms with Gasteiger partial charge in [0.1, 0.15) is 6.04 Å². The van der Waals surface area contributed by atoms with Crippen molar-refractivity contribution < 1.29 is 9.90 Å². The molecule has 2 atom stereocenters. The minimum absolute atomic E-state index is 0.0463. The number of rotatable bonds is 2. The quantitative estimate of drug-likeness (QED) is 0.862. The lowest BCUT2D eigenvalue weighted by Crippen LogP contribution is -2.35. The number of carboxylic acid groups (broad SMARTS) is 1. The van der Waals surface area contributed by atoms with Gasteiger partial charge < -0.3 is 10.8 Å². The van der Waals surface area contributed by atoms with E-state index in [2.05, 4.69) is 15.9 Å². The van der Waals surface area contributed by atoms with Crippen molar-refractivity contribution in [2.45, 2.75) is 24.8 Å². The molecule has 1 aromatic carbocycles. The van der Waals surface area contributed by atoms with Crippen LogP contribution >= 0.6 is 15.9 Å². The van der Waals surface area contributed by atoms with Gasteiger partial charge in [-0.05, 0) is 30.0 Å². The Kier molecular flexibility index (Phi) is 2.80. The van der Waals surface area contributed by atoms with Gasteiger partial charge in [-0.2, -0.15) is 0 Å². The van der Waals surface area contributed by atoms with Crippen molar-refractivity contribution >= 4 is 21.9 Å². The average Bonchev–Trinajstić information content (AvgIpc) is 2.61. The highest BCUT2D eigenvalue weighted by Gasteiger charge is 2.32. The molecule has 80 valence electrons. The summed E-state index contributed by atoms with van der Waals surface area (Å²) in [5, 5.41) is 8.90. The maximum Gasteiger partial charge on any atom is 0.321 e. The van der Waals surface area contributed by atoms with E-state index in [9.17, 15) is 4.79 Å². The molecule has 1 aliphatic carbocycles. The predicted molar refractivity (Wildman–Crippen MR) is 60.8 cm³/mol.